The highest BCUT2D eigenvalue weighted by Gasteiger charge is 2.08. The van der Waals surface area contributed by atoms with Crippen LogP contribution in [0.5, 0.6) is 0 Å². The number of halogens is 1. The van der Waals surface area contributed by atoms with Gasteiger partial charge in [0.25, 0.3) is 5.91 Å². The molecule has 2 aromatic rings. The average molecular weight is 333 g/mol. The second-order valence-corrected chi connectivity index (χ2v) is 5.72. The van der Waals surface area contributed by atoms with Gasteiger partial charge in [0.15, 0.2) is 0 Å². The van der Waals surface area contributed by atoms with Gasteiger partial charge in [-0.15, -0.1) is 0 Å². The highest BCUT2D eigenvalue weighted by molar-refractivity contribution is 9.10. The van der Waals surface area contributed by atoms with E-state index in [-0.39, 0.29) is 5.91 Å². The highest BCUT2D eigenvalue weighted by atomic mass is 79.9. The molecule has 0 bridgehead atoms. The van der Waals surface area contributed by atoms with E-state index in [4.69, 9.17) is 0 Å². The molecule has 0 saturated carbocycles. The highest BCUT2D eigenvalue weighted by Crippen LogP contribution is 2.20. The molecule has 0 spiro atoms. The Hall–Kier alpha value is -1.81. The fourth-order valence-corrected chi connectivity index (χ4v) is 2.10. The summed E-state index contributed by atoms with van der Waals surface area (Å²) in [7, 11) is 3.94. The molecule has 4 heteroatoms. The number of hydrogen-bond donors (Lipinski definition) is 1. The molecule has 0 heterocycles. The van der Waals surface area contributed by atoms with Gasteiger partial charge < -0.3 is 10.2 Å². The third-order valence-electron chi connectivity index (χ3n) is 3.04. The smallest absolute Gasteiger partial charge is 0.255 e. The third kappa shape index (κ3) is 3.39. The van der Waals surface area contributed by atoms with E-state index in [0.29, 0.717) is 5.56 Å². The van der Waals surface area contributed by atoms with Crippen LogP contribution in [0, 0.1) is 6.92 Å². The van der Waals surface area contributed by atoms with Gasteiger partial charge in [-0.25, -0.2) is 0 Å². The quantitative estimate of drug-likeness (QED) is 0.918. The molecule has 0 atom stereocenters. The van der Waals surface area contributed by atoms with E-state index >= 15 is 0 Å². The lowest BCUT2D eigenvalue weighted by Gasteiger charge is -2.14. The van der Waals surface area contributed by atoms with E-state index in [1.807, 2.05) is 68.4 Å². The van der Waals surface area contributed by atoms with Crippen molar-refractivity contribution in [1.82, 2.24) is 0 Å². The number of amides is 1. The van der Waals surface area contributed by atoms with Gasteiger partial charge >= 0.3 is 0 Å². The lowest BCUT2D eigenvalue weighted by Crippen LogP contribution is -2.13. The summed E-state index contributed by atoms with van der Waals surface area (Å²) in [4.78, 5) is 14.2. The van der Waals surface area contributed by atoms with Crippen LogP contribution in [-0.2, 0) is 0 Å². The maximum atomic E-state index is 12.2. The first-order valence-corrected chi connectivity index (χ1v) is 7.11. The van der Waals surface area contributed by atoms with Crippen LogP contribution >= 0.6 is 15.9 Å². The molecule has 0 unspecified atom stereocenters. The van der Waals surface area contributed by atoms with Gasteiger partial charge in [0, 0.05) is 35.5 Å². The van der Waals surface area contributed by atoms with Crippen LogP contribution in [0.2, 0.25) is 0 Å². The van der Waals surface area contributed by atoms with Gasteiger partial charge in [0.05, 0.1) is 0 Å². The van der Waals surface area contributed by atoms with E-state index in [1.165, 1.54) is 0 Å². The molecule has 2 aromatic carbocycles. The second-order valence-electron chi connectivity index (χ2n) is 4.86. The zero-order valence-corrected chi connectivity index (χ0v) is 13.4. The summed E-state index contributed by atoms with van der Waals surface area (Å²) in [5.74, 6) is -0.100. The summed E-state index contributed by atoms with van der Waals surface area (Å²) in [6.45, 7) is 1.97. The summed E-state index contributed by atoms with van der Waals surface area (Å²) in [6.07, 6.45) is 0. The zero-order chi connectivity index (χ0) is 14.7. The largest absolute Gasteiger partial charge is 0.378 e. The lowest BCUT2D eigenvalue weighted by molar-refractivity contribution is 0.102. The average Bonchev–Trinajstić information content (AvgIpc) is 2.42. The molecule has 0 fully saturated rings. The Bertz CT molecular complexity index is 638. The summed E-state index contributed by atoms with van der Waals surface area (Å²) in [5, 5.41) is 2.92. The Labute approximate surface area is 127 Å². The van der Waals surface area contributed by atoms with Crippen molar-refractivity contribution in [3.8, 4) is 0 Å². The predicted octanol–water partition coefficient (Wildman–Crippen LogP) is 4.08. The standard InChI is InChI=1S/C16H17BrN2O/c1-11-9-12(7-8-15(11)17)16(20)18-13-5-4-6-14(10-13)19(2)3/h4-10H,1-3H3,(H,18,20). The molecule has 0 aromatic heterocycles. The molecule has 20 heavy (non-hydrogen) atoms. The van der Waals surface area contributed by atoms with E-state index in [1.54, 1.807) is 0 Å². The summed E-state index contributed by atoms with van der Waals surface area (Å²) < 4.78 is 1.00. The van der Waals surface area contributed by atoms with Gasteiger partial charge in [-0.05, 0) is 48.9 Å². The SMILES string of the molecule is Cc1cc(C(=O)Nc2cccc(N(C)C)c2)ccc1Br. The molecule has 0 saturated heterocycles. The van der Waals surface area contributed by atoms with Crippen molar-refractivity contribution < 1.29 is 4.79 Å². The Morgan fingerprint density at radius 1 is 1.15 bits per heavy atom. The first kappa shape index (κ1) is 14.6. The number of anilines is 2. The van der Waals surface area contributed by atoms with Crippen molar-refractivity contribution in [2.75, 3.05) is 24.3 Å². The first-order chi connectivity index (χ1) is 9.47. The Kier molecular flexibility index (Phi) is 4.45. The third-order valence-corrected chi connectivity index (χ3v) is 3.93. The molecular weight excluding hydrogens is 316 g/mol. The maximum absolute atomic E-state index is 12.2. The molecule has 3 nitrogen and oxygen atoms in total. The van der Waals surface area contributed by atoms with Gasteiger partial charge in [0.1, 0.15) is 0 Å². The molecule has 2 rings (SSSR count). The van der Waals surface area contributed by atoms with Crippen LogP contribution in [0.25, 0.3) is 0 Å². The molecule has 1 N–H and O–H groups in total. The molecule has 104 valence electrons. The summed E-state index contributed by atoms with van der Waals surface area (Å²) in [6, 6.07) is 13.3. The number of nitrogens with zero attached hydrogens (tertiary/aromatic N) is 1. The van der Waals surface area contributed by atoms with Crippen LogP contribution < -0.4 is 10.2 Å². The van der Waals surface area contributed by atoms with Crippen molar-refractivity contribution >= 4 is 33.2 Å². The van der Waals surface area contributed by atoms with Crippen LogP contribution in [0.4, 0.5) is 11.4 Å². The number of rotatable bonds is 3. The molecule has 0 aliphatic rings. The van der Waals surface area contributed by atoms with Gasteiger partial charge in [-0.1, -0.05) is 22.0 Å². The van der Waals surface area contributed by atoms with Crippen LogP contribution in [-0.4, -0.2) is 20.0 Å². The van der Waals surface area contributed by atoms with Gasteiger partial charge in [-0.2, -0.15) is 0 Å². The fourth-order valence-electron chi connectivity index (χ4n) is 1.85. The number of nitrogens with one attached hydrogen (secondary N) is 1. The summed E-state index contributed by atoms with van der Waals surface area (Å²) >= 11 is 3.43. The van der Waals surface area contributed by atoms with Crippen LogP contribution in [0.1, 0.15) is 15.9 Å². The van der Waals surface area contributed by atoms with Gasteiger partial charge in [-0.3, -0.25) is 4.79 Å². The molecule has 0 radical (unpaired) electrons. The van der Waals surface area contributed by atoms with Crippen molar-refractivity contribution in [3.05, 3.63) is 58.1 Å². The number of aryl methyl sites for hydroxylation is 1. The zero-order valence-electron chi connectivity index (χ0n) is 11.8. The minimum Gasteiger partial charge on any atom is -0.378 e. The number of benzene rings is 2. The minimum atomic E-state index is -0.100. The van der Waals surface area contributed by atoms with E-state index < -0.39 is 0 Å². The van der Waals surface area contributed by atoms with Gasteiger partial charge in [0.2, 0.25) is 0 Å². The van der Waals surface area contributed by atoms with E-state index in [9.17, 15) is 4.79 Å². The molecular formula is C16H17BrN2O. The first-order valence-electron chi connectivity index (χ1n) is 6.32. The monoisotopic (exact) mass is 332 g/mol. The number of carbonyl (C=O) groups is 1. The normalized spacial score (nSPS) is 10.2. The Morgan fingerprint density at radius 2 is 1.90 bits per heavy atom. The van der Waals surface area contributed by atoms with Crippen molar-refractivity contribution in [1.29, 1.82) is 0 Å². The minimum absolute atomic E-state index is 0.100. The molecule has 0 aliphatic carbocycles. The van der Waals surface area contributed by atoms with E-state index in [0.717, 1.165) is 21.4 Å². The topological polar surface area (TPSA) is 32.3 Å². The number of carbonyl (C=O) groups excluding carboxylic acids is 1. The van der Waals surface area contributed by atoms with Crippen molar-refractivity contribution in [2.45, 2.75) is 6.92 Å². The van der Waals surface area contributed by atoms with Crippen molar-refractivity contribution in [2.24, 2.45) is 0 Å². The molecule has 1 amide bonds. The van der Waals surface area contributed by atoms with Crippen molar-refractivity contribution in [3.63, 3.8) is 0 Å². The lowest BCUT2D eigenvalue weighted by atomic mass is 10.1. The maximum Gasteiger partial charge on any atom is 0.255 e. The number of hydrogen-bond acceptors (Lipinski definition) is 2. The summed E-state index contributed by atoms with van der Waals surface area (Å²) in [5.41, 5.74) is 3.54. The fraction of sp³-hybridized carbons (Fsp3) is 0.188. The Balaban J connectivity index is 2.19. The second kappa shape index (κ2) is 6.09. The van der Waals surface area contributed by atoms with Crippen LogP contribution in [0.15, 0.2) is 46.9 Å². The Morgan fingerprint density at radius 3 is 2.55 bits per heavy atom. The molecule has 0 aliphatic heterocycles. The van der Waals surface area contributed by atoms with Crippen LogP contribution in [0.3, 0.4) is 0 Å². The van der Waals surface area contributed by atoms with E-state index in [2.05, 4.69) is 21.2 Å². The predicted molar refractivity (Wildman–Crippen MR) is 87.6 cm³/mol.